The Balaban J connectivity index is 1.19. The first-order valence-electron chi connectivity index (χ1n) is 28.8. The average molecular weight is 1200 g/mol. The van der Waals surface area contributed by atoms with Gasteiger partial charge in [-0.2, -0.15) is 0 Å². The lowest BCUT2D eigenvalue weighted by Crippen LogP contribution is -2.62. The maximum Gasteiger partial charge on any atom is 0.305 e. The number of nitrogens with two attached hydrogens (primary N) is 2. The Hall–Kier alpha value is -8.78. The molecular weight excluding hydrogens is 1110 g/mol. The van der Waals surface area contributed by atoms with Crippen molar-refractivity contribution in [1.82, 2.24) is 52.3 Å². The van der Waals surface area contributed by atoms with E-state index in [0.717, 1.165) is 11.1 Å². The molecule has 0 bridgehead atoms. The minimum Gasteiger partial charge on any atom is -0.481 e. The Kier molecular flexibility index (Phi) is 25.7. The predicted octanol–water partition coefficient (Wildman–Crippen LogP) is -1.79. The van der Waals surface area contributed by atoms with Gasteiger partial charge in [0.15, 0.2) is 0 Å². The van der Waals surface area contributed by atoms with Gasteiger partial charge in [-0.25, -0.2) is 0 Å². The highest BCUT2D eigenvalue weighted by atomic mass is 16.4. The number of carbonyl (C=O) groups is 12. The number of hydrogen-bond donors (Lipinski definition) is 12. The number of hydrogen-bond acceptors (Lipinski definition) is 14. The van der Waals surface area contributed by atoms with Crippen molar-refractivity contribution in [3.63, 3.8) is 0 Å². The van der Waals surface area contributed by atoms with E-state index in [1.54, 1.807) is 100 Å². The van der Waals surface area contributed by atoms with Gasteiger partial charge in [0.25, 0.3) is 0 Å². The number of aliphatic hydroxyl groups excluding tert-OH is 1. The smallest absolute Gasteiger partial charge is 0.305 e. The van der Waals surface area contributed by atoms with E-state index in [1.165, 1.54) is 23.6 Å². The number of amides is 11. The number of benzene rings is 3. The number of aliphatic carboxylic acids is 1. The second kappa shape index (κ2) is 32.5. The van der Waals surface area contributed by atoms with Crippen LogP contribution in [0.25, 0.3) is 0 Å². The Labute approximate surface area is 499 Å². The van der Waals surface area contributed by atoms with Crippen molar-refractivity contribution in [2.24, 2.45) is 23.3 Å². The number of likely N-dealkylation sites (tertiary alicyclic amines) is 2. The molecule has 0 unspecified atom stereocenters. The van der Waals surface area contributed by atoms with Crippen LogP contribution in [0, 0.1) is 11.8 Å². The lowest BCUT2D eigenvalue weighted by molar-refractivity contribution is -0.144. The molecule has 0 spiro atoms. The molecule has 5 rings (SSSR count). The molecule has 0 saturated carbocycles. The molecule has 26 heteroatoms. The summed E-state index contributed by atoms with van der Waals surface area (Å²) >= 11 is 0. The minimum absolute atomic E-state index is 0.0165. The topological polar surface area (TPSA) is 400 Å². The van der Waals surface area contributed by atoms with Gasteiger partial charge in [-0.3, -0.25) is 57.5 Å². The number of primary amides is 1. The summed E-state index contributed by atoms with van der Waals surface area (Å²) < 4.78 is 0. The first-order valence-corrected chi connectivity index (χ1v) is 28.8. The van der Waals surface area contributed by atoms with E-state index in [1.807, 2.05) is 18.2 Å². The van der Waals surface area contributed by atoms with Crippen LogP contribution in [0.4, 0.5) is 0 Å². The summed E-state index contributed by atoms with van der Waals surface area (Å²) in [7, 11) is 0. The fourth-order valence-electron chi connectivity index (χ4n) is 10.1. The van der Waals surface area contributed by atoms with E-state index in [0.29, 0.717) is 18.4 Å². The van der Waals surface area contributed by atoms with E-state index in [2.05, 4.69) is 42.5 Å². The fourth-order valence-corrected chi connectivity index (χ4v) is 10.1. The molecule has 2 saturated heterocycles. The van der Waals surface area contributed by atoms with Crippen molar-refractivity contribution in [2.45, 2.75) is 159 Å². The highest BCUT2D eigenvalue weighted by molar-refractivity contribution is 5.99. The molecular formula is C60H82N12O14. The van der Waals surface area contributed by atoms with Gasteiger partial charge < -0.3 is 74.0 Å². The SMILES string of the molecule is CC(C)[C@H](NC(=O)[C@H](CC(=O)O)NC(=O)[C@@H](NC(=O)[C@@H]1CCCN1C(=O)[C@@H](NC(=O)[C@@H](N)Cc1ccccc1)C(C)C)[C@@H](C)O)C(=O)NCC(=O)N1CCC[C@H]1C(=O)N[C@@H](Cc1ccccc1)C(=O)N[C@@H](C)C(=O)N[C@@H](Cc1ccccc1)C(N)=O. The summed E-state index contributed by atoms with van der Waals surface area (Å²) in [6, 6.07) is 13.7. The molecule has 2 aliphatic rings. The monoisotopic (exact) mass is 1190 g/mol. The highest BCUT2D eigenvalue weighted by Gasteiger charge is 2.42. The summed E-state index contributed by atoms with van der Waals surface area (Å²) in [5.74, 6) is -11.5. The lowest BCUT2D eigenvalue weighted by Gasteiger charge is -2.32. The van der Waals surface area contributed by atoms with Crippen LogP contribution in [0.1, 0.15) is 90.3 Å². The number of nitrogens with one attached hydrogen (secondary N) is 8. The van der Waals surface area contributed by atoms with E-state index < -0.39 is 162 Å². The fraction of sp³-hybridized carbons (Fsp3) is 0.500. The number of carboxylic acids is 1. The zero-order chi connectivity index (χ0) is 63.4. The number of aliphatic hydroxyl groups is 1. The van der Waals surface area contributed by atoms with Gasteiger partial charge in [0.05, 0.1) is 25.1 Å². The van der Waals surface area contributed by atoms with Crippen LogP contribution in [-0.2, 0) is 76.8 Å². The standard InChI is InChI=1S/C60H82N12O14/c1-33(2)48(68-55(81)43(31-47(75)76)67-59(85)50(36(6)73)70-57(83)45-25-17-27-72(45)60(86)49(34(3)4)69-53(79)40(61)28-37-18-10-7-11-19-37)58(84)63-32-46(74)71-26-16-24-44(71)56(82)66-42(30-39-22-14-9-15-23-39)54(80)64-35(5)52(78)65-41(51(62)77)29-38-20-12-8-13-21-38/h7-15,18-23,33-36,40-45,48-50,73H,16-17,24-32,61H2,1-6H3,(H2,62,77)(H,63,84)(H,64,80)(H,65,78)(H,66,82)(H,67,85)(H,68,81)(H,69,79)(H,70,83)(H,75,76)/t35-,36+,40-,41-,42-,43-,44-,45-,48-,49-,50-/m0/s1. The van der Waals surface area contributed by atoms with Gasteiger partial charge in [-0.15, -0.1) is 0 Å². The molecule has 2 aliphatic heterocycles. The molecule has 14 N–H and O–H groups in total. The lowest BCUT2D eigenvalue weighted by atomic mass is 10.00. The second-order valence-corrected chi connectivity index (χ2v) is 22.4. The van der Waals surface area contributed by atoms with Crippen molar-refractivity contribution in [1.29, 1.82) is 0 Å². The Morgan fingerprint density at radius 2 is 0.977 bits per heavy atom. The largest absolute Gasteiger partial charge is 0.481 e. The number of carbonyl (C=O) groups excluding carboxylic acids is 11. The summed E-state index contributed by atoms with van der Waals surface area (Å²) in [5.41, 5.74) is 14.0. The average Bonchev–Trinajstić information content (AvgIpc) is 4.11. The number of rotatable bonds is 30. The van der Waals surface area contributed by atoms with Crippen molar-refractivity contribution < 1.29 is 67.7 Å². The van der Waals surface area contributed by atoms with Crippen LogP contribution in [0.3, 0.4) is 0 Å². The van der Waals surface area contributed by atoms with Crippen molar-refractivity contribution in [3.05, 3.63) is 108 Å². The Bertz CT molecular complexity index is 2880. The van der Waals surface area contributed by atoms with Gasteiger partial charge >= 0.3 is 5.97 Å². The van der Waals surface area contributed by atoms with Crippen molar-refractivity contribution >= 4 is 70.9 Å². The van der Waals surface area contributed by atoms with Gasteiger partial charge in [0, 0.05) is 25.9 Å². The second-order valence-electron chi connectivity index (χ2n) is 22.4. The molecule has 0 aliphatic carbocycles. The highest BCUT2D eigenvalue weighted by Crippen LogP contribution is 2.22. The normalized spacial score (nSPS) is 17.9. The molecule has 3 aromatic carbocycles. The molecule has 3 aromatic rings. The molecule has 0 aromatic heterocycles. The summed E-state index contributed by atoms with van der Waals surface area (Å²) in [6.07, 6.45) is -1.26. The van der Waals surface area contributed by atoms with Gasteiger partial charge in [-0.1, -0.05) is 119 Å². The molecule has 11 amide bonds. The van der Waals surface area contributed by atoms with E-state index >= 15 is 0 Å². The zero-order valence-corrected chi connectivity index (χ0v) is 49.3. The van der Waals surface area contributed by atoms with E-state index in [4.69, 9.17) is 11.5 Å². The zero-order valence-electron chi connectivity index (χ0n) is 49.3. The summed E-state index contributed by atoms with van der Waals surface area (Å²) in [4.78, 5) is 164. The molecule has 0 radical (unpaired) electrons. The van der Waals surface area contributed by atoms with Gasteiger partial charge in [-0.05, 0) is 74.5 Å². The molecule has 86 heavy (non-hydrogen) atoms. The predicted molar refractivity (Wildman–Crippen MR) is 313 cm³/mol. The summed E-state index contributed by atoms with van der Waals surface area (Å²) in [6.45, 7) is 8.64. The Morgan fingerprint density at radius 3 is 1.49 bits per heavy atom. The van der Waals surface area contributed by atoms with Gasteiger partial charge in [0.1, 0.15) is 54.4 Å². The third-order valence-electron chi connectivity index (χ3n) is 14.9. The van der Waals surface area contributed by atoms with E-state index in [-0.39, 0.29) is 45.2 Å². The third-order valence-corrected chi connectivity index (χ3v) is 14.9. The van der Waals surface area contributed by atoms with Crippen LogP contribution in [0.5, 0.6) is 0 Å². The van der Waals surface area contributed by atoms with Crippen molar-refractivity contribution in [2.75, 3.05) is 19.6 Å². The number of carboxylic acid groups (broad SMARTS) is 1. The van der Waals surface area contributed by atoms with Crippen LogP contribution in [0.15, 0.2) is 91.0 Å². The third kappa shape index (κ3) is 19.9. The first kappa shape index (κ1) is 68.0. The van der Waals surface area contributed by atoms with Crippen LogP contribution in [-0.4, -0.2) is 177 Å². The van der Waals surface area contributed by atoms with E-state index in [9.17, 15) is 67.7 Å². The maximum absolute atomic E-state index is 14.0. The van der Waals surface area contributed by atoms with Crippen LogP contribution >= 0.6 is 0 Å². The molecule has 26 nitrogen and oxygen atoms in total. The summed E-state index contributed by atoms with van der Waals surface area (Å²) in [5, 5.41) is 40.8. The van der Waals surface area contributed by atoms with Crippen LogP contribution < -0.4 is 54.0 Å². The maximum atomic E-state index is 14.0. The van der Waals surface area contributed by atoms with Crippen molar-refractivity contribution in [3.8, 4) is 0 Å². The first-order chi connectivity index (χ1) is 40.7. The minimum atomic E-state index is -1.88. The molecule has 466 valence electrons. The quantitative estimate of drug-likeness (QED) is 0.0351. The Morgan fingerprint density at radius 1 is 0.512 bits per heavy atom. The molecule has 2 fully saturated rings. The number of nitrogens with zero attached hydrogens (tertiary/aromatic N) is 2. The molecule has 11 atom stereocenters. The van der Waals surface area contributed by atoms with Crippen LogP contribution in [0.2, 0.25) is 0 Å². The van der Waals surface area contributed by atoms with Gasteiger partial charge in [0.2, 0.25) is 65.0 Å². The molecule has 2 heterocycles.